The second-order valence-electron chi connectivity index (χ2n) is 7.05. The zero-order valence-electron chi connectivity index (χ0n) is 13.2. The van der Waals surface area contributed by atoms with Crippen LogP contribution in [-0.2, 0) is 9.53 Å². The van der Waals surface area contributed by atoms with Crippen LogP contribution in [0, 0.1) is 11.8 Å². The van der Waals surface area contributed by atoms with E-state index in [2.05, 4.69) is 13.8 Å². The van der Waals surface area contributed by atoms with Gasteiger partial charge in [-0.15, -0.1) is 0 Å². The van der Waals surface area contributed by atoms with E-state index in [1.54, 1.807) is 20.8 Å². The first-order chi connectivity index (χ1) is 9.10. The molecule has 1 aliphatic rings. The molecule has 1 amide bonds. The number of carbonyl (C=O) groups excluding carboxylic acids is 1. The summed E-state index contributed by atoms with van der Waals surface area (Å²) < 4.78 is 5.30. The van der Waals surface area contributed by atoms with E-state index in [1.807, 2.05) is 0 Å². The van der Waals surface area contributed by atoms with Gasteiger partial charge in [-0.05, 0) is 51.9 Å². The lowest BCUT2D eigenvalue weighted by Crippen LogP contribution is -2.51. The fourth-order valence-corrected chi connectivity index (χ4v) is 2.69. The van der Waals surface area contributed by atoms with Crippen molar-refractivity contribution in [2.24, 2.45) is 11.8 Å². The summed E-state index contributed by atoms with van der Waals surface area (Å²) in [4.78, 5) is 24.9. The Labute approximate surface area is 121 Å². The molecule has 1 aliphatic heterocycles. The molecule has 0 aromatic carbocycles. The van der Waals surface area contributed by atoms with E-state index in [1.165, 1.54) is 4.90 Å². The van der Waals surface area contributed by atoms with Crippen molar-refractivity contribution in [2.45, 2.75) is 65.5 Å². The van der Waals surface area contributed by atoms with Gasteiger partial charge < -0.3 is 9.84 Å². The Balaban J connectivity index is 2.72. The third-order valence-corrected chi connectivity index (χ3v) is 3.43. The largest absolute Gasteiger partial charge is 0.480 e. The fourth-order valence-electron chi connectivity index (χ4n) is 2.69. The predicted molar refractivity (Wildman–Crippen MR) is 76.5 cm³/mol. The molecule has 0 spiro atoms. The maximum atomic E-state index is 12.1. The number of carboxylic acid groups (broad SMARTS) is 1. The maximum absolute atomic E-state index is 12.1. The summed E-state index contributed by atoms with van der Waals surface area (Å²) in [5, 5.41) is 9.36. The normalized spacial score (nSPS) is 23.8. The Morgan fingerprint density at radius 1 is 1.35 bits per heavy atom. The summed E-state index contributed by atoms with van der Waals surface area (Å²) in [5.74, 6) is -0.0263. The van der Waals surface area contributed by atoms with Crippen molar-refractivity contribution in [3.63, 3.8) is 0 Å². The first-order valence-corrected chi connectivity index (χ1v) is 7.32. The molecule has 1 fully saturated rings. The molecule has 5 heteroatoms. The number of carbonyl (C=O) groups is 2. The lowest BCUT2D eigenvalue weighted by Gasteiger charge is -2.38. The van der Waals surface area contributed by atoms with Crippen LogP contribution in [0.2, 0.25) is 0 Å². The highest BCUT2D eigenvalue weighted by Gasteiger charge is 2.38. The van der Waals surface area contributed by atoms with Crippen LogP contribution in [-0.4, -0.2) is 40.3 Å². The van der Waals surface area contributed by atoms with E-state index in [9.17, 15) is 14.7 Å². The molecule has 5 nitrogen and oxygen atoms in total. The van der Waals surface area contributed by atoms with Gasteiger partial charge in [0.05, 0.1) is 0 Å². The minimum absolute atomic E-state index is 0.370. The van der Waals surface area contributed by atoms with E-state index in [0.29, 0.717) is 24.8 Å². The molecule has 0 aromatic heterocycles. The van der Waals surface area contributed by atoms with Crippen LogP contribution in [0.15, 0.2) is 0 Å². The van der Waals surface area contributed by atoms with Gasteiger partial charge in [0.1, 0.15) is 11.6 Å². The summed E-state index contributed by atoms with van der Waals surface area (Å²) in [7, 11) is 0. The van der Waals surface area contributed by atoms with Crippen LogP contribution in [0.3, 0.4) is 0 Å². The molecular weight excluding hydrogens is 258 g/mol. The van der Waals surface area contributed by atoms with Crippen LogP contribution in [0.5, 0.6) is 0 Å². The molecule has 0 radical (unpaired) electrons. The second-order valence-corrected chi connectivity index (χ2v) is 7.05. The van der Waals surface area contributed by atoms with Crippen molar-refractivity contribution >= 4 is 12.1 Å². The minimum atomic E-state index is -0.940. The van der Waals surface area contributed by atoms with Crippen LogP contribution < -0.4 is 0 Å². The number of piperidine rings is 1. The highest BCUT2D eigenvalue weighted by atomic mass is 16.6. The maximum Gasteiger partial charge on any atom is 0.411 e. The van der Waals surface area contributed by atoms with Gasteiger partial charge in [0.2, 0.25) is 0 Å². The first kappa shape index (κ1) is 16.8. The summed E-state index contributed by atoms with van der Waals surface area (Å²) >= 11 is 0. The smallest absolute Gasteiger partial charge is 0.411 e. The quantitative estimate of drug-likeness (QED) is 0.865. The number of aliphatic carboxylic acids is 1. The third kappa shape index (κ3) is 5.02. The summed E-state index contributed by atoms with van der Waals surface area (Å²) in [5.41, 5.74) is -0.602. The highest BCUT2D eigenvalue weighted by molar-refractivity contribution is 5.80. The van der Waals surface area contributed by atoms with Gasteiger partial charge in [-0.25, -0.2) is 9.59 Å². The number of ether oxygens (including phenoxy) is 1. The Morgan fingerprint density at radius 3 is 2.40 bits per heavy atom. The van der Waals surface area contributed by atoms with E-state index in [4.69, 9.17) is 4.74 Å². The average Bonchev–Trinajstić information content (AvgIpc) is 2.25. The molecular formula is C15H27NO4. The van der Waals surface area contributed by atoms with E-state index >= 15 is 0 Å². The van der Waals surface area contributed by atoms with Crippen molar-refractivity contribution in [2.75, 3.05) is 6.54 Å². The topological polar surface area (TPSA) is 66.8 Å². The summed E-state index contributed by atoms with van der Waals surface area (Å²) in [6.07, 6.45) is 1.85. The number of hydrogen-bond acceptors (Lipinski definition) is 3. The molecule has 0 aromatic rings. The van der Waals surface area contributed by atoms with Crippen LogP contribution >= 0.6 is 0 Å². The van der Waals surface area contributed by atoms with Gasteiger partial charge in [0.15, 0.2) is 0 Å². The van der Waals surface area contributed by atoms with Gasteiger partial charge in [-0.1, -0.05) is 13.8 Å². The number of carboxylic acids is 1. The van der Waals surface area contributed by atoms with Gasteiger partial charge >= 0.3 is 12.1 Å². The molecule has 2 atom stereocenters. The van der Waals surface area contributed by atoms with Crippen molar-refractivity contribution in [1.82, 2.24) is 4.90 Å². The van der Waals surface area contributed by atoms with E-state index < -0.39 is 23.7 Å². The number of hydrogen-bond donors (Lipinski definition) is 1. The zero-order chi connectivity index (χ0) is 15.5. The van der Waals surface area contributed by atoms with Crippen molar-refractivity contribution in [3.8, 4) is 0 Å². The molecule has 0 aliphatic carbocycles. The van der Waals surface area contributed by atoms with Crippen molar-refractivity contribution in [3.05, 3.63) is 0 Å². The molecule has 1 heterocycles. The standard InChI is InChI=1S/C15H27NO4/c1-10(2)8-11-6-7-16(12(9-11)13(17)18)14(19)20-15(3,4)5/h10-12H,6-9H2,1-5H3,(H,17,18). The number of likely N-dealkylation sites (tertiary alicyclic amines) is 1. The molecule has 0 saturated carbocycles. The molecule has 20 heavy (non-hydrogen) atoms. The molecule has 1 rings (SSSR count). The van der Waals surface area contributed by atoms with Crippen LogP contribution in [0.25, 0.3) is 0 Å². The predicted octanol–water partition coefficient (Wildman–Crippen LogP) is 3.13. The first-order valence-electron chi connectivity index (χ1n) is 7.32. The Morgan fingerprint density at radius 2 is 1.95 bits per heavy atom. The van der Waals surface area contributed by atoms with E-state index in [-0.39, 0.29) is 0 Å². The lowest BCUT2D eigenvalue weighted by molar-refractivity contribution is -0.145. The Bertz CT molecular complexity index is 359. The monoisotopic (exact) mass is 285 g/mol. The fraction of sp³-hybridized carbons (Fsp3) is 0.867. The second kappa shape index (κ2) is 6.46. The van der Waals surface area contributed by atoms with Crippen LogP contribution in [0.1, 0.15) is 53.9 Å². The minimum Gasteiger partial charge on any atom is -0.480 e. The summed E-state index contributed by atoms with van der Waals surface area (Å²) in [6, 6.07) is -0.762. The van der Waals surface area contributed by atoms with Gasteiger partial charge in [0.25, 0.3) is 0 Å². The molecule has 1 saturated heterocycles. The third-order valence-electron chi connectivity index (χ3n) is 3.43. The molecule has 116 valence electrons. The average molecular weight is 285 g/mol. The molecule has 1 N–H and O–H groups in total. The lowest BCUT2D eigenvalue weighted by atomic mass is 9.85. The number of amides is 1. The molecule has 2 unspecified atom stereocenters. The van der Waals surface area contributed by atoms with E-state index in [0.717, 1.165) is 12.8 Å². The Hall–Kier alpha value is -1.26. The summed E-state index contributed by atoms with van der Waals surface area (Å²) in [6.45, 7) is 10.1. The zero-order valence-corrected chi connectivity index (χ0v) is 13.2. The van der Waals surface area contributed by atoms with Crippen LogP contribution in [0.4, 0.5) is 4.79 Å². The number of nitrogens with zero attached hydrogens (tertiary/aromatic N) is 1. The Kier molecular flexibility index (Phi) is 5.42. The van der Waals surface area contributed by atoms with Crippen molar-refractivity contribution < 1.29 is 19.4 Å². The van der Waals surface area contributed by atoms with Crippen molar-refractivity contribution in [1.29, 1.82) is 0 Å². The van der Waals surface area contributed by atoms with Gasteiger partial charge in [-0.2, -0.15) is 0 Å². The van der Waals surface area contributed by atoms with Gasteiger partial charge in [-0.3, -0.25) is 4.90 Å². The molecule has 0 bridgehead atoms. The SMILES string of the molecule is CC(C)CC1CCN(C(=O)OC(C)(C)C)C(C(=O)O)C1. The highest BCUT2D eigenvalue weighted by Crippen LogP contribution is 2.29. The number of rotatable bonds is 3. The van der Waals surface area contributed by atoms with Gasteiger partial charge in [0, 0.05) is 6.54 Å².